The maximum Gasteiger partial charge on any atom is 0.232 e. The third-order valence-electron chi connectivity index (χ3n) is 2.95. The van der Waals surface area contributed by atoms with Gasteiger partial charge in [-0.2, -0.15) is 0 Å². The van der Waals surface area contributed by atoms with E-state index >= 15 is 0 Å². The molecule has 1 unspecified atom stereocenters. The number of anilines is 1. The lowest BCUT2D eigenvalue weighted by atomic mass is 9.82. The van der Waals surface area contributed by atoms with E-state index in [1.54, 1.807) is 18.6 Å². The minimum atomic E-state index is -0.338. The summed E-state index contributed by atoms with van der Waals surface area (Å²) in [5.41, 5.74) is -0.338. The Bertz CT molecular complexity index is 360. The second-order valence-electron chi connectivity index (χ2n) is 4.39. The lowest BCUT2D eigenvalue weighted by molar-refractivity contribution is -0.125. The van der Waals surface area contributed by atoms with Gasteiger partial charge in [0.2, 0.25) is 5.91 Å². The van der Waals surface area contributed by atoms with Crippen LogP contribution in [0.25, 0.3) is 0 Å². The molecule has 1 aromatic heterocycles. The third-order valence-corrected chi connectivity index (χ3v) is 2.95. The molecule has 5 nitrogen and oxygen atoms in total. The van der Waals surface area contributed by atoms with Crippen LogP contribution in [-0.4, -0.2) is 29.0 Å². The molecule has 0 spiro atoms. The zero-order valence-electron chi connectivity index (χ0n) is 9.36. The van der Waals surface area contributed by atoms with Crippen molar-refractivity contribution in [2.24, 2.45) is 5.41 Å². The summed E-state index contributed by atoms with van der Waals surface area (Å²) < 4.78 is 0. The number of carbonyl (C=O) groups is 1. The minimum absolute atomic E-state index is 0.0141. The van der Waals surface area contributed by atoms with Crippen molar-refractivity contribution in [1.82, 2.24) is 15.3 Å². The fourth-order valence-electron chi connectivity index (χ4n) is 1.88. The zero-order chi connectivity index (χ0) is 11.4. The molecule has 0 aliphatic carbocycles. The topological polar surface area (TPSA) is 66.9 Å². The van der Waals surface area contributed by atoms with Crippen molar-refractivity contribution in [3.63, 3.8) is 0 Å². The standard InChI is InChI=1S/C11H16N4O/c1-11(3-2-4-13-8-11)10(16)15-9-7-12-5-6-14-9/h5-7,13H,2-4,8H2,1H3,(H,14,15,16). The Morgan fingerprint density at radius 1 is 1.56 bits per heavy atom. The van der Waals surface area contributed by atoms with Crippen LogP contribution in [0.1, 0.15) is 19.8 Å². The number of amides is 1. The predicted molar refractivity (Wildman–Crippen MR) is 60.9 cm³/mol. The molecule has 2 N–H and O–H groups in total. The summed E-state index contributed by atoms with van der Waals surface area (Å²) in [5, 5.41) is 6.04. The Labute approximate surface area is 94.7 Å². The smallest absolute Gasteiger partial charge is 0.232 e. The third kappa shape index (κ3) is 2.36. The van der Waals surface area contributed by atoms with Crippen LogP contribution in [0.5, 0.6) is 0 Å². The van der Waals surface area contributed by atoms with Gasteiger partial charge in [0.15, 0.2) is 5.82 Å². The molecule has 2 heterocycles. The Balaban J connectivity index is 2.02. The van der Waals surface area contributed by atoms with E-state index in [9.17, 15) is 4.79 Å². The summed E-state index contributed by atoms with van der Waals surface area (Å²) in [7, 11) is 0. The highest BCUT2D eigenvalue weighted by atomic mass is 16.2. The molecule has 16 heavy (non-hydrogen) atoms. The number of carbonyl (C=O) groups excluding carboxylic acids is 1. The molecule has 5 heteroatoms. The molecule has 0 aromatic carbocycles. The van der Waals surface area contributed by atoms with Gasteiger partial charge in [-0.3, -0.25) is 9.78 Å². The lowest BCUT2D eigenvalue weighted by Crippen LogP contribution is -2.46. The van der Waals surface area contributed by atoms with Crippen molar-refractivity contribution >= 4 is 11.7 Å². The molecule has 0 saturated carbocycles. The van der Waals surface area contributed by atoms with Crippen molar-refractivity contribution in [3.8, 4) is 0 Å². The second kappa shape index (κ2) is 4.57. The van der Waals surface area contributed by atoms with Gasteiger partial charge in [0, 0.05) is 18.9 Å². The van der Waals surface area contributed by atoms with Crippen LogP contribution in [0, 0.1) is 5.41 Å². The molecule has 2 rings (SSSR count). The molecule has 1 aliphatic heterocycles. The number of rotatable bonds is 2. The summed E-state index contributed by atoms with van der Waals surface area (Å²) >= 11 is 0. The van der Waals surface area contributed by atoms with Crippen molar-refractivity contribution in [1.29, 1.82) is 0 Å². The molecule has 0 bridgehead atoms. The van der Waals surface area contributed by atoms with Crippen LogP contribution >= 0.6 is 0 Å². The van der Waals surface area contributed by atoms with Crippen LogP contribution < -0.4 is 10.6 Å². The highest BCUT2D eigenvalue weighted by Gasteiger charge is 2.34. The first-order valence-electron chi connectivity index (χ1n) is 5.49. The van der Waals surface area contributed by atoms with Gasteiger partial charge in [-0.05, 0) is 26.3 Å². The molecule has 0 radical (unpaired) electrons. The molecule has 1 amide bonds. The molecule has 1 saturated heterocycles. The number of nitrogens with one attached hydrogen (secondary N) is 2. The van der Waals surface area contributed by atoms with E-state index < -0.39 is 0 Å². The summed E-state index contributed by atoms with van der Waals surface area (Å²) in [6.07, 6.45) is 6.64. The first-order chi connectivity index (χ1) is 7.71. The van der Waals surface area contributed by atoms with Gasteiger partial charge >= 0.3 is 0 Å². The number of aromatic nitrogens is 2. The van der Waals surface area contributed by atoms with Crippen molar-refractivity contribution < 1.29 is 4.79 Å². The van der Waals surface area contributed by atoms with Gasteiger partial charge in [-0.15, -0.1) is 0 Å². The molecular formula is C11H16N4O. The Hall–Kier alpha value is -1.49. The quantitative estimate of drug-likeness (QED) is 0.773. The fourth-order valence-corrected chi connectivity index (χ4v) is 1.88. The van der Waals surface area contributed by atoms with E-state index in [-0.39, 0.29) is 11.3 Å². The molecule has 86 valence electrons. The first-order valence-corrected chi connectivity index (χ1v) is 5.49. The predicted octanol–water partition coefficient (Wildman–Crippen LogP) is 0.805. The van der Waals surface area contributed by atoms with E-state index in [2.05, 4.69) is 20.6 Å². The molecule has 1 aliphatic rings. The lowest BCUT2D eigenvalue weighted by Gasteiger charge is -2.32. The van der Waals surface area contributed by atoms with E-state index in [1.165, 1.54) is 0 Å². The zero-order valence-corrected chi connectivity index (χ0v) is 9.36. The van der Waals surface area contributed by atoms with Gasteiger partial charge in [-0.1, -0.05) is 0 Å². The van der Waals surface area contributed by atoms with Crippen molar-refractivity contribution in [2.45, 2.75) is 19.8 Å². The van der Waals surface area contributed by atoms with Gasteiger partial charge in [-0.25, -0.2) is 4.98 Å². The fraction of sp³-hybridized carbons (Fsp3) is 0.545. The Morgan fingerprint density at radius 3 is 3.06 bits per heavy atom. The van der Waals surface area contributed by atoms with Crippen LogP contribution in [0.2, 0.25) is 0 Å². The number of hydrogen-bond donors (Lipinski definition) is 2. The highest BCUT2D eigenvalue weighted by Crippen LogP contribution is 2.26. The number of hydrogen-bond acceptors (Lipinski definition) is 4. The normalized spacial score (nSPS) is 25.1. The molecule has 1 fully saturated rings. The van der Waals surface area contributed by atoms with Crippen LogP contribution in [-0.2, 0) is 4.79 Å². The summed E-state index contributed by atoms with van der Waals surface area (Å²) in [6, 6.07) is 0. The minimum Gasteiger partial charge on any atom is -0.316 e. The summed E-state index contributed by atoms with van der Waals surface area (Å²) in [6.45, 7) is 3.69. The highest BCUT2D eigenvalue weighted by molar-refractivity contribution is 5.94. The SMILES string of the molecule is CC1(C(=O)Nc2cnccn2)CCCNC1. The van der Waals surface area contributed by atoms with E-state index in [0.717, 1.165) is 25.9 Å². The van der Waals surface area contributed by atoms with Crippen LogP contribution in [0.3, 0.4) is 0 Å². The van der Waals surface area contributed by atoms with E-state index in [1.807, 2.05) is 6.92 Å². The first kappa shape index (κ1) is 11.0. The maximum atomic E-state index is 12.1. The van der Waals surface area contributed by atoms with Gasteiger partial charge in [0.05, 0.1) is 11.6 Å². The van der Waals surface area contributed by atoms with Crippen molar-refractivity contribution in [2.75, 3.05) is 18.4 Å². The molecule has 1 atom stereocenters. The maximum absolute atomic E-state index is 12.1. The summed E-state index contributed by atoms with van der Waals surface area (Å²) in [5.74, 6) is 0.527. The largest absolute Gasteiger partial charge is 0.316 e. The van der Waals surface area contributed by atoms with Crippen LogP contribution in [0.15, 0.2) is 18.6 Å². The number of piperidine rings is 1. The van der Waals surface area contributed by atoms with Crippen LogP contribution in [0.4, 0.5) is 5.82 Å². The van der Waals surface area contributed by atoms with E-state index in [0.29, 0.717) is 5.82 Å². The second-order valence-corrected chi connectivity index (χ2v) is 4.39. The van der Waals surface area contributed by atoms with Crippen molar-refractivity contribution in [3.05, 3.63) is 18.6 Å². The van der Waals surface area contributed by atoms with Gasteiger partial charge in [0.25, 0.3) is 0 Å². The van der Waals surface area contributed by atoms with E-state index in [4.69, 9.17) is 0 Å². The molecule has 1 aromatic rings. The van der Waals surface area contributed by atoms with Gasteiger partial charge < -0.3 is 10.6 Å². The monoisotopic (exact) mass is 220 g/mol. The Morgan fingerprint density at radius 2 is 2.44 bits per heavy atom. The number of nitrogens with zero attached hydrogens (tertiary/aromatic N) is 2. The average molecular weight is 220 g/mol. The van der Waals surface area contributed by atoms with Gasteiger partial charge in [0.1, 0.15) is 0 Å². The summed E-state index contributed by atoms with van der Waals surface area (Å²) in [4.78, 5) is 20.0. The molecular weight excluding hydrogens is 204 g/mol. The average Bonchev–Trinajstić information content (AvgIpc) is 2.31. The Kier molecular flexibility index (Phi) is 3.14.